The fraction of sp³-hybridized carbons (Fsp3) is 0.263. The minimum absolute atomic E-state index is 0.244. The molecule has 7 heteroatoms. The monoisotopic (exact) mass is 406 g/mol. The van der Waals surface area contributed by atoms with E-state index in [1.807, 2.05) is 12.1 Å². The van der Waals surface area contributed by atoms with E-state index in [1.54, 1.807) is 12.3 Å². The minimum Gasteiger partial charge on any atom is -0.312 e. The number of fused-ring (bicyclic) bond motifs is 1. The van der Waals surface area contributed by atoms with E-state index in [0.29, 0.717) is 17.9 Å². The quantitative estimate of drug-likeness (QED) is 0.798. The number of hydrogen-bond acceptors (Lipinski definition) is 5. The fourth-order valence-corrected chi connectivity index (χ4v) is 4.20. The molecule has 26 heavy (non-hydrogen) atoms. The number of aromatic nitrogens is 2. The van der Waals surface area contributed by atoms with E-state index in [4.69, 9.17) is 4.99 Å². The average Bonchev–Trinajstić information content (AvgIpc) is 3.16. The Hall–Kier alpha value is -2.74. The summed E-state index contributed by atoms with van der Waals surface area (Å²) in [6.07, 6.45) is 4.79. The summed E-state index contributed by atoms with van der Waals surface area (Å²) in [6.45, 7) is 1.63. The van der Waals surface area contributed by atoms with Crippen LogP contribution >= 0.6 is 15.9 Å². The van der Waals surface area contributed by atoms with Gasteiger partial charge in [0.25, 0.3) is 0 Å². The molecule has 2 aliphatic heterocycles. The molecule has 0 aliphatic carbocycles. The maximum absolute atomic E-state index is 10.0. The SMILES string of the molecule is N#Cc1cccc(C2c3cn[nH]c3N=C(C3=CCCNC3)C2C#N)c1Br. The van der Waals surface area contributed by atoms with Crippen molar-refractivity contribution in [2.24, 2.45) is 10.9 Å². The van der Waals surface area contributed by atoms with Crippen molar-refractivity contribution in [3.8, 4) is 12.1 Å². The van der Waals surface area contributed by atoms with E-state index in [0.717, 1.165) is 39.8 Å². The second-order valence-corrected chi connectivity index (χ2v) is 7.06. The molecule has 0 spiro atoms. The summed E-state index contributed by atoms with van der Waals surface area (Å²) >= 11 is 3.56. The Labute approximate surface area is 159 Å². The molecule has 128 valence electrons. The van der Waals surface area contributed by atoms with E-state index in [9.17, 15) is 10.5 Å². The number of nitriles is 2. The highest BCUT2D eigenvalue weighted by atomic mass is 79.9. The molecule has 1 aromatic heterocycles. The summed E-state index contributed by atoms with van der Waals surface area (Å²) in [5.74, 6) is -0.0134. The van der Waals surface area contributed by atoms with E-state index < -0.39 is 5.92 Å². The molecule has 2 unspecified atom stereocenters. The molecule has 2 aromatic rings. The van der Waals surface area contributed by atoms with Gasteiger partial charge in [-0.2, -0.15) is 15.6 Å². The van der Waals surface area contributed by atoms with Crippen LogP contribution in [-0.2, 0) is 0 Å². The lowest BCUT2D eigenvalue weighted by Crippen LogP contribution is -2.33. The third-order valence-corrected chi connectivity index (χ3v) is 5.71. The molecule has 3 heterocycles. The minimum atomic E-state index is -0.448. The zero-order valence-electron chi connectivity index (χ0n) is 13.8. The van der Waals surface area contributed by atoms with Crippen LogP contribution in [0.1, 0.15) is 29.0 Å². The van der Waals surface area contributed by atoms with Crippen molar-refractivity contribution < 1.29 is 0 Å². The van der Waals surface area contributed by atoms with E-state index >= 15 is 0 Å². The Morgan fingerprint density at radius 1 is 1.23 bits per heavy atom. The molecule has 0 amide bonds. The van der Waals surface area contributed by atoms with Gasteiger partial charge >= 0.3 is 0 Å². The highest BCUT2D eigenvalue weighted by molar-refractivity contribution is 9.10. The van der Waals surface area contributed by atoms with Gasteiger partial charge in [-0.15, -0.1) is 0 Å². The van der Waals surface area contributed by atoms with Crippen molar-refractivity contribution in [3.63, 3.8) is 0 Å². The standard InChI is InChI=1S/C19H15BrN6/c20-17-11(7-21)3-1-5-13(17)16-14(8-22)18(12-4-2-6-23-9-12)25-19-15(16)10-24-26-19/h1,3-5,10,14,16,23H,2,6,9H2,(H,24,26). The maximum atomic E-state index is 10.0. The number of rotatable bonds is 2. The third kappa shape index (κ3) is 2.66. The smallest absolute Gasteiger partial charge is 0.152 e. The first-order valence-corrected chi connectivity index (χ1v) is 9.14. The lowest BCUT2D eigenvalue weighted by atomic mass is 9.75. The van der Waals surface area contributed by atoms with Gasteiger partial charge in [0.05, 0.1) is 29.5 Å². The fourth-order valence-electron chi connectivity index (χ4n) is 3.60. The van der Waals surface area contributed by atoms with Crippen LogP contribution in [0, 0.1) is 28.6 Å². The number of hydrogen-bond donors (Lipinski definition) is 2. The van der Waals surface area contributed by atoms with Crippen LogP contribution in [0.15, 0.2) is 45.5 Å². The lowest BCUT2D eigenvalue weighted by molar-refractivity contribution is 0.685. The summed E-state index contributed by atoms with van der Waals surface area (Å²) in [5, 5.41) is 29.8. The average molecular weight is 407 g/mol. The molecule has 0 radical (unpaired) electrons. The Morgan fingerprint density at radius 3 is 2.85 bits per heavy atom. The van der Waals surface area contributed by atoms with Crippen LogP contribution in [0.2, 0.25) is 0 Å². The summed E-state index contributed by atoms with van der Waals surface area (Å²) in [5.41, 5.74) is 4.15. The van der Waals surface area contributed by atoms with Gasteiger partial charge in [-0.05, 0) is 46.1 Å². The Balaban J connectivity index is 1.90. The number of nitrogens with one attached hydrogen (secondary N) is 2. The van der Waals surface area contributed by atoms with Gasteiger partial charge in [0.2, 0.25) is 0 Å². The van der Waals surface area contributed by atoms with Gasteiger partial charge in [0.15, 0.2) is 5.82 Å². The third-order valence-electron chi connectivity index (χ3n) is 4.82. The molecular formula is C19H15BrN6. The normalized spacial score (nSPS) is 21.8. The summed E-state index contributed by atoms with van der Waals surface area (Å²) < 4.78 is 0.719. The number of aliphatic imine (C=N–C) groups is 1. The largest absolute Gasteiger partial charge is 0.312 e. The highest BCUT2D eigenvalue weighted by Gasteiger charge is 2.38. The molecule has 0 saturated heterocycles. The number of H-pyrrole nitrogens is 1. The molecular weight excluding hydrogens is 392 g/mol. The molecule has 2 N–H and O–H groups in total. The van der Waals surface area contributed by atoms with Crippen LogP contribution in [-0.4, -0.2) is 29.0 Å². The molecule has 2 atom stereocenters. The van der Waals surface area contributed by atoms with Crippen LogP contribution in [0.4, 0.5) is 5.82 Å². The summed E-state index contributed by atoms with van der Waals surface area (Å²) in [7, 11) is 0. The zero-order valence-corrected chi connectivity index (χ0v) is 15.4. The van der Waals surface area contributed by atoms with Gasteiger partial charge in [-0.1, -0.05) is 18.2 Å². The van der Waals surface area contributed by atoms with Crippen molar-refractivity contribution >= 4 is 27.5 Å². The Kier molecular flexibility index (Phi) is 4.42. The van der Waals surface area contributed by atoms with Crippen molar-refractivity contribution in [3.05, 3.63) is 57.2 Å². The Bertz CT molecular complexity index is 1000. The summed E-state index contributed by atoms with van der Waals surface area (Å²) in [4.78, 5) is 4.72. The second-order valence-electron chi connectivity index (χ2n) is 6.27. The van der Waals surface area contributed by atoms with Gasteiger partial charge in [0, 0.05) is 22.5 Å². The van der Waals surface area contributed by atoms with Crippen LogP contribution in [0.5, 0.6) is 0 Å². The van der Waals surface area contributed by atoms with Crippen LogP contribution < -0.4 is 5.32 Å². The van der Waals surface area contributed by atoms with Gasteiger partial charge in [0.1, 0.15) is 6.07 Å². The molecule has 1 aromatic carbocycles. The summed E-state index contributed by atoms with van der Waals surface area (Å²) in [6, 6.07) is 10.2. The van der Waals surface area contributed by atoms with Crippen LogP contribution in [0.3, 0.4) is 0 Å². The molecule has 6 nitrogen and oxygen atoms in total. The van der Waals surface area contributed by atoms with E-state index in [-0.39, 0.29) is 5.92 Å². The first-order valence-electron chi connectivity index (χ1n) is 8.34. The van der Waals surface area contributed by atoms with Crippen molar-refractivity contribution in [2.75, 3.05) is 13.1 Å². The number of aromatic amines is 1. The maximum Gasteiger partial charge on any atom is 0.152 e. The molecule has 0 saturated carbocycles. The van der Waals surface area contributed by atoms with Gasteiger partial charge in [-0.25, -0.2) is 4.99 Å². The van der Waals surface area contributed by atoms with E-state index in [2.05, 4.69) is 49.7 Å². The van der Waals surface area contributed by atoms with Gasteiger partial charge < -0.3 is 5.32 Å². The van der Waals surface area contributed by atoms with Crippen molar-refractivity contribution in [2.45, 2.75) is 12.3 Å². The molecule has 0 fully saturated rings. The molecule has 4 rings (SSSR count). The van der Waals surface area contributed by atoms with Crippen LogP contribution in [0.25, 0.3) is 0 Å². The first-order chi connectivity index (χ1) is 12.7. The molecule has 2 aliphatic rings. The predicted octanol–water partition coefficient (Wildman–Crippen LogP) is 3.32. The van der Waals surface area contributed by atoms with Gasteiger partial charge in [-0.3, -0.25) is 5.10 Å². The first kappa shape index (κ1) is 16.7. The second kappa shape index (κ2) is 6.87. The number of nitrogens with zero attached hydrogens (tertiary/aromatic N) is 4. The Morgan fingerprint density at radius 2 is 2.12 bits per heavy atom. The number of halogens is 1. The van der Waals surface area contributed by atoms with E-state index in [1.165, 1.54) is 0 Å². The lowest BCUT2D eigenvalue weighted by Gasteiger charge is -2.30. The highest BCUT2D eigenvalue weighted by Crippen LogP contribution is 2.45. The van der Waals surface area contributed by atoms with Crippen molar-refractivity contribution in [1.82, 2.24) is 15.5 Å². The number of benzene rings is 1. The zero-order chi connectivity index (χ0) is 18.1. The molecule has 0 bridgehead atoms. The predicted molar refractivity (Wildman–Crippen MR) is 101 cm³/mol. The van der Waals surface area contributed by atoms with Crippen molar-refractivity contribution in [1.29, 1.82) is 10.5 Å². The topological polar surface area (TPSA) is 101 Å².